The van der Waals surface area contributed by atoms with Crippen molar-refractivity contribution in [2.24, 2.45) is 5.41 Å². The zero-order valence-corrected chi connectivity index (χ0v) is 12.8. The summed E-state index contributed by atoms with van der Waals surface area (Å²) in [7, 11) is 0. The molecule has 1 atom stereocenters. The van der Waals surface area contributed by atoms with Crippen LogP contribution in [0.1, 0.15) is 19.8 Å². The summed E-state index contributed by atoms with van der Waals surface area (Å²) < 4.78 is 0. The van der Waals surface area contributed by atoms with Crippen molar-refractivity contribution in [2.75, 3.05) is 29.5 Å². The first-order chi connectivity index (χ1) is 10.1. The number of piperidine rings is 1. The molecule has 1 saturated heterocycles. The fraction of sp³-hybridized carbons (Fsp3) is 0.467. The molecule has 0 radical (unpaired) electrons. The maximum absolute atomic E-state index is 12.5. The third-order valence-corrected chi connectivity index (χ3v) is 5.09. The van der Waals surface area contributed by atoms with Crippen molar-refractivity contribution in [3.8, 4) is 0 Å². The lowest BCUT2D eigenvalue weighted by Crippen LogP contribution is -2.46. The van der Waals surface area contributed by atoms with Crippen LogP contribution >= 0.6 is 11.8 Å². The summed E-state index contributed by atoms with van der Waals surface area (Å²) in [5.41, 5.74) is 1.14. The van der Waals surface area contributed by atoms with Gasteiger partial charge in [0, 0.05) is 17.1 Å². The van der Waals surface area contributed by atoms with E-state index in [1.54, 1.807) is 0 Å². The number of hydrogen-bond acceptors (Lipinski definition) is 4. The lowest BCUT2D eigenvalue weighted by molar-refractivity contribution is -0.125. The number of anilines is 2. The highest BCUT2D eigenvalue weighted by atomic mass is 32.2. The molecule has 0 saturated carbocycles. The second kappa shape index (κ2) is 5.69. The second-order valence-corrected chi connectivity index (χ2v) is 6.86. The van der Waals surface area contributed by atoms with Crippen LogP contribution in [0.25, 0.3) is 0 Å². The van der Waals surface area contributed by atoms with Crippen molar-refractivity contribution in [1.29, 1.82) is 0 Å². The van der Waals surface area contributed by atoms with Crippen molar-refractivity contribution in [2.45, 2.75) is 24.7 Å². The monoisotopic (exact) mass is 305 g/mol. The average molecular weight is 305 g/mol. The van der Waals surface area contributed by atoms with E-state index in [4.69, 9.17) is 0 Å². The lowest BCUT2D eigenvalue weighted by Gasteiger charge is -2.32. The molecular weight excluding hydrogens is 286 g/mol. The summed E-state index contributed by atoms with van der Waals surface area (Å²) in [6.45, 7) is 3.67. The number of nitrogens with one attached hydrogen (secondary N) is 3. The molecule has 1 fully saturated rings. The molecule has 2 amide bonds. The van der Waals surface area contributed by atoms with Crippen molar-refractivity contribution in [1.82, 2.24) is 5.32 Å². The zero-order valence-electron chi connectivity index (χ0n) is 12.0. The minimum absolute atomic E-state index is 0.000538. The Morgan fingerprint density at radius 2 is 2.29 bits per heavy atom. The van der Waals surface area contributed by atoms with Gasteiger partial charge in [0.15, 0.2) is 0 Å². The molecule has 0 aliphatic carbocycles. The molecule has 1 aromatic rings. The Morgan fingerprint density at radius 1 is 1.43 bits per heavy atom. The van der Waals surface area contributed by atoms with Crippen LogP contribution < -0.4 is 16.0 Å². The van der Waals surface area contributed by atoms with Crippen LogP contribution in [0.5, 0.6) is 0 Å². The molecule has 0 spiro atoms. The predicted octanol–water partition coefficient (Wildman–Crippen LogP) is 2.06. The van der Waals surface area contributed by atoms with E-state index in [2.05, 4.69) is 16.0 Å². The quantitative estimate of drug-likeness (QED) is 0.782. The van der Waals surface area contributed by atoms with Gasteiger partial charge in [-0.05, 0) is 44.5 Å². The smallest absolute Gasteiger partial charge is 0.234 e. The van der Waals surface area contributed by atoms with E-state index in [0.717, 1.165) is 35.7 Å². The van der Waals surface area contributed by atoms with Gasteiger partial charge in [0.25, 0.3) is 0 Å². The summed E-state index contributed by atoms with van der Waals surface area (Å²) in [6, 6.07) is 5.66. The first-order valence-electron chi connectivity index (χ1n) is 7.16. The number of rotatable bonds is 2. The second-order valence-electron chi connectivity index (χ2n) is 5.84. The molecule has 2 heterocycles. The van der Waals surface area contributed by atoms with Crippen molar-refractivity contribution < 1.29 is 9.59 Å². The minimum atomic E-state index is -0.369. The number of benzene rings is 1. The number of fused-ring (bicyclic) bond motifs is 1. The topological polar surface area (TPSA) is 70.2 Å². The third-order valence-electron chi connectivity index (χ3n) is 4.02. The van der Waals surface area contributed by atoms with E-state index < -0.39 is 0 Å². The van der Waals surface area contributed by atoms with Crippen LogP contribution in [0.2, 0.25) is 0 Å². The fourth-order valence-electron chi connectivity index (χ4n) is 2.69. The van der Waals surface area contributed by atoms with E-state index in [-0.39, 0.29) is 17.2 Å². The number of carbonyl (C=O) groups is 2. The van der Waals surface area contributed by atoms with Gasteiger partial charge >= 0.3 is 0 Å². The van der Waals surface area contributed by atoms with Gasteiger partial charge < -0.3 is 16.0 Å². The Balaban J connectivity index is 1.74. The van der Waals surface area contributed by atoms with Crippen molar-refractivity contribution in [3.63, 3.8) is 0 Å². The van der Waals surface area contributed by atoms with Gasteiger partial charge in [0.05, 0.1) is 16.9 Å². The Morgan fingerprint density at radius 3 is 3.05 bits per heavy atom. The van der Waals surface area contributed by atoms with Crippen LogP contribution in [0.3, 0.4) is 0 Å². The molecule has 6 heteroatoms. The van der Waals surface area contributed by atoms with Gasteiger partial charge in [0.1, 0.15) is 0 Å². The summed E-state index contributed by atoms with van der Waals surface area (Å²) in [5, 5.41) is 9.09. The highest BCUT2D eigenvalue weighted by Gasteiger charge is 2.34. The molecule has 2 aliphatic rings. The normalized spacial score (nSPS) is 24.9. The first kappa shape index (κ1) is 14.4. The van der Waals surface area contributed by atoms with Crippen molar-refractivity contribution in [3.05, 3.63) is 18.2 Å². The highest BCUT2D eigenvalue weighted by molar-refractivity contribution is 8.00. The summed E-state index contributed by atoms with van der Waals surface area (Å²) >= 11 is 1.52. The standard InChI is InChI=1S/C15H19N3O2S/c1-15(5-2-6-16-9-15)14(20)17-10-3-4-12-11(7-10)18-13(19)8-21-12/h3-4,7,16H,2,5-6,8-9H2,1H3,(H,17,20)(H,18,19). The van der Waals surface area contributed by atoms with Gasteiger partial charge in [-0.15, -0.1) is 11.8 Å². The van der Waals surface area contributed by atoms with Crippen LogP contribution in [-0.2, 0) is 9.59 Å². The van der Waals surface area contributed by atoms with E-state index in [9.17, 15) is 9.59 Å². The SMILES string of the molecule is CC1(C(=O)Nc2ccc3c(c2)NC(=O)CS3)CCCNC1. The molecule has 1 unspecified atom stereocenters. The molecule has 3 rings (SSSR count). The number of amides is 2. The summed E-state index contributed by atoms with van der Waals surface area (Å²) in [5.74, 6) is 0.478. The number of carbonyl (C=O) groups excluding carboxylic acids is 2. The maximum Gasteiger partial charge on any atom is 0.234 e. The third kappa shape index (κ3) is 3.06. The van der Waals surface area contributed by atoms with E-state index in [1.807, 2.05) is 25.1 Å². The predicted molar refractivity (Wildman–Crippen MR) is 84.6 cm³/mol. The van der Waals surface area contributed by atoms with Gasteiger partial charge in [-0.1, -0.05) is 0 Å². The summed E-state index contributed by atoms with van der Waals surface area (Å²) in [6.07, 6.45) is 1.91. The molecule has 112 valence electrons. The fourth-order valence-corrected chi connectivity index (χ4v) is 3.48. The van der Waals surface area contributed by atoms with E-state index in [1.165, 1.54) is 11.8 Å². The molecule has 0 aromatic heterocycles. The Kier molecular flexibility index (Phi) is 3.91. The molecule has 0 bridgehead atoms. The van der Waals surface area contributed by atoms with Crippen LogP contribution in [-0.4, -0.2) is 30.7 Å². The molecule has 3 N–H and O–H groups in total. The molecule has 1 aromatic carbocycles. The van der Waals surface area contributed by atoms with Gasteiger partial charge in [-0.3, -0.25) is 9.59 Å². The van der Waals surface area contributed by atoms with Crippen LogP contribution in [0.15, 0.2) is 23.1 Å². The first-order valence-corrected chi connectivity index (χ1v) is 8.14. The van der Waals surface area contributed by atoms with E-state index >= 15 is 0 Å². The Hall–Kier alpha value is -1.53. The highest BCUT2D eigenvalue weighted by Crippen LogP contribution is 2.34. The Labute approximate surface area is 128 Å². The molecule has 21 heavy (non-hydrogen) atoms. The summed E-state index contributed by atoms with van der Waals surface area (Å²) in [4.78, 5) is 24.9. The van der Waals surface area contributed by atoms with Gasteiger partial charge in [0.2, 0.25) is 11.8 Å². The maximum atomic E-state index is 12.5. The largest absolute Gasteiger partial charge is 0.326 e. The Bertz CT molecular complexity index is 582. The lowest BCUT2D eigenvalue weighted by atomic mass is 9.82. The van der Waals surface area contributed by atoms with Crippen molar-refractivity contribution >= 4 is 35.0 Å². The van der Waals surface area contributed by atoms with Crippen LogP contribution in [0.4, 0.5) is 11.4 Å². The zero-order chi connectivity index (χ0) is 14.9. The van der Waals surface area contributed by atoms with Gasteiger partial charge in [-0.25, -0.2) is 0 Å². The minimum Gasteiger partial charge on any atom is -0.326 e. The van der Waals surface area contributed by atoms with Gasteiger partial charge in [-0.2, -0.15) is 0 Å². The molecule has 2 aliphatic heterocycles. The molecular formula is C15H19N3O2S. The van der Waals surface area contributed by atoms with Crippen LogP contribution in [0, 0.1) is 5.41 Å². The average Bonchev–Trinajstić information content (AvgIpc) is 2.47. The number of hydrogen-bond donors (Lipinski definition) is 3. The van der Waals surface area contributed by atoms with E-state index in [0.29, 0.717) is 12.3 Å². The molecule has 5 nitrogen and oxygen atoms in total. The number of thioether (sulfide) groups is 1.